The topological polar surface area (TPSA) is 34.1 Å². The van der Waals surface area contributed by atoms with Gasteiger partial charge in [0.15, 0.2) is 11.6 Å². The third-order valence-electron chi connectivity index (χ3n) is 2.22. The molecule has 94 valence electrons. The van der Waals surface area contributed by atoms with Gasteiger partial charge in [-0.2, -0.15) is 0 Å². The summed E-state index contributed by atoms with van der Waals surface area (Å²) in [5.74, 6) is 0.162. The monoisotopic (exact) mass is 330 g/mol. The van der Waals surface area contributed by atoms with Crippen molar-refractivity contribution in [3.05, 3.63) is 45.8 Å². The predicted octanol–water partition coefficient (Wildman–Crippen LogP) is 4.39. The molecule has 2 rings (SSSR count). The van der Waals surface area contributed by atoms with Crippen LogP contribution in [0.1, 0.15) is 0 Å². The van der Waals surface area contributed by atoms with E-state index in [2.05, 4.69) is 26.2 Å². The third-order valence-corrected chi connectivity index (χ3v) is 2.92. The van der Waals surface area contributed by atoms with Crippen LogP contribution in [0.3, 0.4) is 0 Å². The molecule has 1 aromatic carbocycles. The molecule has 6 heteroatoms. The molecular formula is C12H9BrClFN2O. The first kappa shape index (κ1) is 13.1. The number of halogens is 3. The van der Waals surface area contributed by atoms with E-state index in [1.165, 1.54) is 12.3 Å². The summed E-state index contributed by atoms with van der Waals surface area (Å²) in [6.07, 6.45) is 1.37. The first-order chi connectivity index (χ1) is 8.60. The fraction of sp³-hybridized carbons (Fsp3) is 0.0833. The van der Waals surface area contributed by atoms with Gasteiger partial charge in [0.05, 0.1) is 17.8 Å². The van der Waals surface area contributed by atoms with Gasteiger partial charge >= 0.3 is 0 Å². The Kier molecular flexibility index (Phi) is 4.04. The van der Waals surface area contributed by atoms with E-state index in [4.69, 9.17) is 16.3 Å². The van der Waals surface area contributed by atoms with Crippen LogP contribution in [0.5, 0.6) is 5.75 Å². The maximum absolute atomic E-state index is 13.6. The molecule has 0 saturated heterocycles. The van der Waals surface area contributed by atoms with Crippen molar-refractivity contribution < 1.29 is 9.13 Å². The zero-order valence-corrected chi connectivity index (χ0v) is 11.7. The number of pyridine rings is 1. The van der Waals surface area contributed by atoms with Crippen LogP contribution in [0.15, 0.2) is 34.9 Å². The Hall–Kier alpha value is -1.33. The van der Waals surface area contributed by atoms with Gasteiger partial charge in [0.25, 0.3) is 0 Å². The van der Waals surface area contributed by atoms with E-state index >= 15 is 0 Å². The van der Waals surface area contributed by atoms with Gasteiger partial charge in [-0.3, -0.25) is 0 Å². The molecule has 0 radical (unpaired) electrons. The maximum atomic E-state index is 13.6. The van der Waals surface area contributed by atoms with Crippen molar-refractivity contribution in [1.82, 2.24) is 4.98 Å². The Balaban J connectivity index is 2.36. The van der Waals surface area contributed by atoms with Crippen molar-refractivity contribution in [2.45, 2.75) is 0 Å². The van der Waals surface area contributed by atoms with E-state index < -0.39 is 5.82 Å². The number of benzene rings is 1. The highest BCUT2D eigenvalue weighted by Crippen LogP contribution is 2.31. The fourth-order valence-electron chi connectivity index (χ4n) is 1.41. The predicted molar refractivity (Wildman–Crippen MR) is 73.2 cm³/mol. The van der Waals surface area contributed by atoms with Crippen molar-refractivity contribution in [2.75, 3.05) is 12.4 Å². The van der Waals surface area contributed by atoms with Crippen LogP contribution in [-0.4, -0.2) is 12.1 Å². The van der Waals surface area contributed by atoms with E-state index in [-0.39, 0.29) is 10.8 Å². The SMILES string of the molecule is COc1ccc(Br)cc1Nc1ncc(Cl)cc1F. The van der Waals surface area contributed by atoms with Gasteiger partial charge in [0, 0.05) is 10.7 Å². The highest BCUT2D eigenvalue weighted by Gasteiger charge is 2.09. The summed E-state index contributed by atoms with van der Waals surface area (Å²) in [5, 5.41) is 3.11. The van der Waals surface area contributed by atoms with E-state index in [9.17, 15) is 4.39 Å². The average molecular weight is 332 g/mol. The molecule has 0 saturated carbocycles. The van der Waals surface area contributed by atoms with Gasteiger partial charge in [0.1, 0.15) is 5.75 Å². The van der Waals surface area contributed by atoms with Crippen molar-refractivity contribution >= 4 is 39.0 Å². The van der Waals surface area contributed by atoms with Crippen LogP contribution < -0.4 is 10.1 Å². The second kappa shape index (κ2) is 5.54. The van der Waals surface area contributed by atoms with Crippen LogP contribution in [-0.2, 0) is 0 Å². The van der Waals surface area contributed by atoms with Crippen molar-refractivity contribution in [1.29, 1.82) is 0 Å². The Morgan fingerprint density at radius 3 is 2.83 bits per heavy atom. The minimum atomic E-state index is -0.524. The highest BCUT2D eigenvalue weighted by molar-refractivity contribution is 9.10. The first-order valence-corrected chi connectivity index (χ1v) is 6.19. The summed E-state index contributed by atoms with van der Waals surface area (Å²) in [4.78, 5) is 3.89. The van der Waals surface area contributed by atoms with Gasteiger partial charge in [-0.15, -0.1) is 0 Å². The summed E-state index contributed by atoms with van der Waals surface area (Å²) < 4.78 is 19.6. The molecular weight excluding hydrogens is 322 g/mol. The zero-order chi connectivity index (χ0) is 13.1. The highest BCUT2D eigenvalue weighted by atomic mass is 79.9. The second-order valence-electron chi connectivity index (χ2n) is 3.45. The Morgan fingerprint density at radius 2 is 2.17 bits per heavy atom. The lowest BCUT2D eigenvalue weighted by atomic mass is 10.3. The maximum Gasteiger partial charge on any atom is 0.167 e. The smallest absolute Gasteiger partial charge is 0.167 e. The first-order valence-electron chi connectivity index (χ1n) is 5.02. The second-order valence-corrected chi connectivity index (χ2v) is 4.81. The van der Waals surface area contributed by atoms with Crippen LogP contribution >= 0.6 is 27.5 Å². The number of methoxy groups -OCH3 is 1. The van der Waals surface area contributed by atoms with Crippen LogP contribution in [0.25, 0.3) is 0 Å². The summed E-state index contributed by atoms with van der Waals surface area (Å²) in [7, 11) is 1.54. The molecule has 0 fully saturated rings. The molecule has 1 N–H and O–H groups in total. The van der Waals surface area contributed by atoms with E-state index in [0.717, 1.165) is 4.47 Å². The molecule has 0 bridgehead atoms. The number of nitrogens with one attached hydrogen (secondary N) is 1. The molecule has 18 heavy (non-hydrogen) atoms. The Labute approximate surface area is 117 Å². The number of ether oxygens (including phenoxy) is 1. The molecule has 1 heterocycles. The van der Waals surface area contributed by atoms with Crippen LogP contribution in [0.2, 0.25) is 5.02 Å². The third kappa shape index (κ3) is 2.91. The lowest BCUT2D eigenvalue weighted by molar-refractivity contribution is 0.416. The summed E-state index contributed by atoms with van der Waals surface area (Å²) in [5.41, 5.74) is 0.612. The Bertz CT molecular complexity index is 580. The molecule has 1 aromatic heterocycles. The number of rotatable bonds is 3. The molecule has 0 amide bonds. The quantitative estimate of drug-likeness (QED) is 0.906. The minimum absolute atomic E-state index is 0.0933. The molecule has 2 aromatic rings. The Morgan fingerprint density at radius 1 is 1.39 bits per heavy atom. The number of hydrogen-bond donors (Lipinski definition) is 1. The van der Waals surface area contributed by atoms with Gasteiger partial charge in [-0.1, -0.05) is 27.5 Å². The van der Waals surface area contributed by atoms with Gasteiger partial charge < -0.3 is 10.1 Å². The summed E-state index contributed by atoms with van der Waals surface area (Å²) in [6, 6.07) is 6.56. The molecule has 3 nitrogen and oxygen atoms in total. The number of aromatic nitrogens is 1. The lowest BCUT2D eigenvalue weighted by Gasteiger charge is -2.11. The average Bonchev–Trinajstić information content (AvgIpc) is 2.33. The van der Waals surface area contributed by atoms with Gasteiger partial charge in [-0.25, -0.2) is 9.37 Å². The molecule has 0 unspecified atom stereocenters. The molecule has 0 aliphatic carbocycles. The molecule has 0 atom stereocenters. The fourth-order valence-corrected chi connectivity index (χ4v) is 1.92. The molecule has 0 aliphatic heterocycles. The zero-order valence-electron chi connectivity index (χ0n) is 9.38. The molecule has 0 aliphatic rings. The van der Waals surface area contributed by atoms with Crippen LogP contribution in [0.4, 0.5) is 15.9 Å². The molecule has 0 spiro atoms. The van der Waals surface area contributed by atoms with Crippen molar-refractivity contribution in [2.24, 2.45) is 0 Å². The number of anilines is 2. The minimum Gasteiger partial charge on any atom is -0.495 e. The van der Waals surface area contributed by atoms with Gasteiger partial charge in [0.2, 0.25) is 0 Å². The van der Waals surface area contributed by atoms with E-state index in [1.54, 1.807) is 19.2 Å². The van der Waals surface area contributed by atoms with Crippen LogP contribution in [0, 0.1) is 5.82 Å². The number of hydrogen-bond acceptors (Lipinski definition) is 3. The normalized spacial score (nSPS) is 10.2. The van der Waals surface area contributed by atoms with Crippen molar-refractivity contribution in [3.63, 3.8) is 0 Å². The largest absolute Gasteiger partial charge is 0.495 e. The summed E-state index contributed by atoms with van der Waals surface area (Å²) >= 11 is 8.98. The standard InChI is InChI=1S/C12H9BrClFN2O/c1-18-11-3-2-7(13)4-10(11)17-12-9(15)5-8(14)6-16-12/h2-6H,1H3,(H,16,17). The van der Waals surface area contributed by atoms with E-state index in [0.29, 0.717) is 11.4 Å². The lowest BCUT2D eigenvalue weighted by Crippen LogP contribution is -1.99. The van der Waals surface area contributed by atoms with E-state index in [1.807, 2.05) is 6.07 Å². The van der Waals surface area contributed by atoms with Gasteiger partial charge in [-0.05, 0) is 24.3 Å². The summed E-state index contributed by atoms with van der Waals surface area (Å²) in [6.45, 7) is 0. The number of nitrogens with zero attached hydrogens (tertiary/aromatic N) is 1. The van der Waals surface area contributed by atoms with Crippen molar-refractivity contribution in [3.8, 4) is 5.75 Å².